The van der Waals surface area contributed by atoms with Gasteiger partial charge in [0, 0.05) is 16.5 Å². The molecule has 0 saturated carbocycles. The van der Waals surface area contributed by atoms with Crippen molar-refractivity contribution in [3.8, 4) is 5.75 Å². The SMILES string of the molecule is COc1cccc(F)c1C1=NC/C(=C/N)C(C)c2ccc(Cl)cc21. The minimum Gasteiger partial charge on any atom is -0.496 e. The maximum absolute atomic E-state index is 14.6. The van der Waals surface area contributed by atoms with Crippen molar-refractivity contribution in [3.05, 3.63) is 75.7 Å². The molecule has 1 atom stereocenters. The number of nitrogens with two attached hydrogens (primary N) is 1. The summed E-state index contributed by atoms with van der Waals surface area (Å²) in [6.07, 6.45) is 1.58. The molecule has 5 heteroatoms. The van der Waals surface area contributed by atoms with Crippen molar-refractivity contribution < 1.29 is 9.13 Å². The van der Waals surface area contributed by atoms with Gasteiger partial charge in [0.05, 0.1) is 24.9 Å². The van der Waals surface area contributed by atoms with E-state index in [1.807, 2.05) is 18.2 Å². The van der Waals surface area contributed by atoms with Gasteiger partial charge in [0.2, 0.25) is 0 Å². The van der Waals surface area contributed by atoms with E-state index in [0.29, 0.717) is 28.6 Å². The zero-order chi connectivity index (χ0) is 17.3. The van der Waals surface area contributed by atoms with E-state index in [1.165, 1.54) is 13.2 Å². The van der Waals surface area contributed by atoms with Gasteiger partial charge in [-0.1, -0.05) is 30.7 Å². The molecule has 0 bridgehead atoms. The van der Waals surface area contributed by atoms with Gasteiger partial charge in [-0.25, -0.2) is 4.39 Å². The molecule has 0 aliphatic carbocycles. The lowest BCUT2D eigenvalue weighted by atomic mass is 9.88. The molecule has 24 heavy (non-hydrogen) atoms. The third kappa shape index (κ3) is 2.78. The maximum atomic E-state index is 14.6. The first kappa shape index (κ1) is 16.5. The molecule has 2 aromatic carbocycles. The lowest BCUT2D eigenvalue weighted by molar-refractivity contribution is 0.410. The van der Waals surface area contributed by atoms with Gasteiger partial charge in [0.1, 0.15) is 11.6 Å². The number of fused-ring (bicyclic) bond motifs is 1. The van der Waals surface area contributed by atoms with Crippen LogP contribution in [0.1, 0.15) is 29.5 Å². The van der Waals surface area contributed by atoms with Gasteiger partial charge >= 0.3 is 0 Å². The smallest absolute Gasteiger partial charge is 0.136 e. The Morgan fingerprint density at radius 2 is 2.12 bits per heavy atom. The summed E-state index contributed by atoms with van der Waals surface area (Å²) >= 11 is 6.19. The average molecular weight is 345 g/mol. The number of nitrogens with zero attached hydrogens (tertiary/aromatic N) is 1. The third-order valence-corrected chi connectivity index (χ3v) is 4.59. The van der Waals surface area contributed by atoms with Crippen molar-refractivity contribution >= 4 is 17.3 Å². The van der Waals surface area contributed by atoms with Crippen LogP contribution in [0, 0.1) is 5.82 Å². The maximum Gasteiger partial charge on any atom is 0.136 e. The van der Waals surface area contributed by atoms with E-state index in [0.717, 1.165) is 16.7 Å². The van der Waals surface area contributed by atoms with Crippen molar-refractivity contribution in [1.82, 2.24) is 0 Å². The number of hydrogen-bond donors (Lipinski definition) is 1. The van der Waals surface area contributed by atoms with Gasteiger partial charge in [0.25, 0.3) is 0 Å². The average Bonchev–Trinajstić information content (AvgIpc) is 2.71. The topological polar surface area (TPSA) is 47.6 Å². The van der Waals surface area contributed by atoms with Crippen molar-refractivity contribution in [2.75, 3.05) is 13.7 Å². The molecule has 0 radical (unpaired) electrons. The highest BCUT2D eigenvalue weighted by molar-refractivity contribution is 6.31. The molecule has 0 saturated heterocycles. The second kappa shape index (κ2) is 6.65. The van der Waals surface area contributed by atoms with Gasteiger partial charge in [-0.2, -0.15) is 0 Å². The van der Waals surface area contributed by atoms with Gasteiger partial charge in [0.15, 0.2) is 0 Å². The van der Waals surface area contributed by atoms with Crippen LogP contribution in [0.2, 0.25) is 5.02 Å². The number of benzene rings is 2. The summed E-state index contributed by atoms with van der Waals surface area (Å²) in [4.78, 5) is 4.64. The number of halogens is 2. The van der Waals surface area contributed by atoms with E-state index >= 15 is 0 Å². The van der Waals surface area contributed by atoms with Gasteiger partial charge in [-0.15, -0.1) is 0 Å². The quantitative estimate of drug-likeness (QED) is 0.883. The van der Waals surface area contributed by atoms with E-state index in [1.54, 1.807) is 18.3 Å². The molecule has 3 rings (SSSR count). The Balaban J connectivity index is 2.31. The first-order valence-electron chi connectivity index (χ1n) is 7.64. The van der Waals surface area contributed by atoms with Crippen molar-refractivity contribution in [2.45, 2.75) is 12.8 Å². The molecule has 0 spiro atoms. The fraction of sp³-hybridized carbons (Fsp3) is 0.211. The number of aliphatic imine (C=N–C) groups is 1. The molecule has 1 heterocycles. The van der Waals surface area contributed by atoms with Crippen LogP contribution in [0.15, 0.2) is 53.2 Å². The molecule has 124 valence electrons. The molecule has 2 aromatic rings. The Kier molecular flexibility index (Phi) is 4.58. The van der Waals surface area contributed by atoms with E-state index < -0.39 is 0 Å². The number of hydrogen-bond acceptors (Lipinski definition) is 3. The standard InChI is InChI=1S/C19H18ClFN2O/c1-11-12(9-22)10-23-19(15-8-13(20)6-7-14(11)15)18-16(21)4-3-5-17(18)24-2/h3-9,11H,10,22H2,1-2H3/b12-9-. The van der Waals surface area contributed by atoms with Crippen LogP contribution in [-0.2, 0) is 0 Å². The second-order valence-corrected chi connectivity index (χ2v) is 6.11. The highest BCUT2D eigenvalue weighted by Gasteiger charge is 2.26. The van der Waals surface area contributed by atoms with Gasteiger partial charge < -0.3 is 10.5 Å². The minimum absolute atomic E-state index is 0.0706. The van der Waals surface area contributed by atoms with Crippen LogP contribution in [0.5, 0.6) is 5.75 Å². The molecule has 0 aromatic heterocycles. The largest absolute Gasteiger partial charge is 0.496 e. The predicted octanol–water partition coefficient (Wildman–Crippen LogP) is 4.28. The summed E-state index contributed by atoms with van der Waals surface area (Å²) in [5, 5.41) is 0.573. The van der Waals surface area contributed by atoms with E-state index in [-0.39, 0.29) is 11.7 Å². The molecule has 1 aliphatic rings. The molecular formula is C19H18ClFN2O. The Labute approximate surface area is 145 Å². The van der Waals surface area contributed by atoms with E-state index in [2.05, 4.69) is 11.9 Å². The van der Waals surface area contributed by atoms with Crippen LogP contribution < -0.4 is 10.5 Å². The molecule has 1 aliphatic heterocycles. The molecule has 3 nitrogen and oxygen atoms in total. The van der Waals surface area contributed by atoms with Crippen molar-refractivity contribution in [3.63, 3.8) is 0 Å². The van der Waals surface area contributed by atoms with E-state index in [4.69, 9.17) is 22.1 Å². The molecule has 1 unspecified atom stereocenters. The Hall–Kier alpha value is -2.33. The summed E-state index contributed by atoms with van der Waals surface area (Å²) in [5.41, 5.74) is 9.43. The lowest BCUT2D eigenvalue weighted by Gasteiger charge is -2.17. The Morgan fingerprint density at radius 1 is 1.33 bits per heavy atom. The normalized spacial score (nSPS) is 18.8. The third-order valence-electron chi connectivity index (χ3n) is 4.36. The summed E-state index contributed by atoms with van der Waals surface area (Å²) in [7, 11) is 1.52. The highest BCUT2D eigenvalue weighted by Crippen LogP contribution is 2.35. The van der Waals surface area contributed by atoms with Crippen LogP contribution in [-0.4, -0.2) is 19.4 Å². The summed E-state index contributed by atoms with van der Waals surface area (Å²) in [5.74, 6) is 0.126. The lowest BCUT2D eigenvalue weighted by Crippen LogP contribution is -2.11. The van der Waals surface area contributed by atoms with Crippen LogP contribution in [0.25, 0.3) is 0 Å². The highest BCUT2D eigenvalue weighted by atomic mass is 35.5. The molecule has 0 fully saturated rings. The minimum atomic E-state index is -0.383. The monoisotopic (exact) mass is 344 g/mol. The van der Waals surface area contributed by atoms with Crippen LogP contribution in [0.3, 0.4) is 0 Å². The van der Waals surface area contributed by atoms with Crippen LogP contribution in [0.4, 0.5) is 4.39 Å². The first-order valence-corrected chi connectivity index (χ1v) is 8.02. The van der Waals surface area contributed by atoms with Crippen LogP contribution >= 0.6 is 11.6 Å². The molecule has 2 N–H and O–H groups in total. The fourth-order valence-electron chi connectivity index (χ4n) is 3.02. The molecular weight excluding hydrogens is 327 g/mol. The Morgan fingerprint density at radius 3 is 2.83 bits per heavy atom. The Bertz CT molecular complexity index is 845. The predicted molar refractivity (Wildman–Crippen MR) is 95.6 cm³/mol. The zero-order valence-electron chi connectivity index (χ0n) is 13.5. The van der Waals surface area contributed by atoms with E-state index in [9.17, 15) is 4.39 Å². The summed E-state index contributed by atoms with van der Waals surface area (Å²) in [6, 6.07) is 10.3. The molecule has 0 amide bonds. The zero-order valence-corrected chi connectivity index (χ0v) is 14.3. The summed E-state index contributed by atoms with van der Waals surface area (Å²) in [6.45, 7) is 2.46. The van der Waals surface area contributed by atoms with Crippen molar-refractivity contribution in [2.24, 2.45) is 10.7 Å². The number of methoxy groups -OCH3 is 1. The van der Waals surface area contributed by atoms with Gasteiger partial charge in [-0.3, -0.25) is 4.99 Å². The number of rotatable bonds is 2. The van der Waals surface area contributed by atoms with Crippen molar-refractivity contribution in [1.29, 1.82) is 0 Å². The summed E-state index contributed by atoms with van der Waals surface area (Å²) < 4.78 is 19.9. The number of ether oxygens (including phenoxy) is 1. The van der Waals surface area contributed by atoms with Gasteiger partial charge in [-0.05, 0) is 41.6 Å². The fourth-order valence-corrected chi connectivity index (χ4v) is 3.19. The first-order chi connectivity index (χ1) is 11.6. The second-order valence-electron chi connectivity index (χ2n) is 5.68.